The van der Waals surface area contributed by atoms with Gasteiger partial charge in [0.15, 0.2) is 0 Å². The lowest BCUT2D eigenvalue weighted by atomic mass is 10.3. The number of aromatic nitrogens is 2. The summed E-state index contributed by atoms with van der Waals surface area (Å²) in [4.78, 5) is 4.08. The lowest BCUT2D eigenvalue weighted by Gasteiger charge is -2.10. The molecule has 5 heteroatoms. The number of nitrogens with zero attached hydrogens (tertiary/aromatic N) is 2. The van der Waals surface area contributed by atoms with Crippen LogP contribution >= 0.6 is 11.6 Å². The van der Waals surface area contributed by atoms with E-state index in [0.29, 0.717) is 18.2 Å². The molecule has 0 aliphatic heterocycles. The molecule has 19 heavy (non-hydrogen) atoms. The van der Waals surface area contributed by atoms with E-state index >= 15 is 0 Å². The van der Waals surface area contributed by atoms with Crippen molar-refractivity contribution < 1.29 is 4.74 Å². The third kappa shape index (κ3) is 3.64. The number of benzene rings is 1. The van der Waals surface area contributed by atoms with Crippen LogP contribution in [0.3, 0.4) is 0 Å². The monoisotopic (exact) mass is 279 g/mol. The molecular formula is C14H18ClN3O. The first-order valence-electron chi connectivity index (χ1n) is 6.32. The van der Waals surface area contributed by atoms with Crippen LogP contribution in [0.1, 0.15) is 19.0 Å². The molecule has 2 aromatic rings. The van der Waals surface area contributed by atoms with Gasteiger partial charge in [0, 0.05) is 18.9 Å². The molecule has 0 atom stereocenters. The van der Waals surface area contributed by atoms with Crippen LogP contribution in [-0.2, 0) is 13.6 Å². The molecule has 0 unspecified atom stereocenters. The Hall–Kier alpha value is -1.68. The maximum absolute atomic E-state index is 6.17. The quantitative estimate of drug-likeness (QED) is 0.880. The topological polar surface area (TPSA) is 39.1 Å². The SMILES string of the molecule is CCCOc1ccc(NCc2cncn2C)cc1Cl. The van der Waals surface area contributed by atoms with Crippen molar-refractivity contribution in [2.24, 2.45) is 7.05 Å². The van der Waals surface area contributed by atoms with E-state index in [9.17, 15) is 0 Å². The Bertz CT molecular complexity index is 539. The van der Waals surface area contributed by atoms with Crippen molar-refractivity contribution in [3.63, 3.8) is 0 Å². The van der Waals surface area contributed by atoms with Gasteiger partial charge in [-0.15, -0.1) is 0 Å². The fourth-order valence-electron chi connectivity index (χ4n) is 1.69. The van der Waals surface area contributed by atoms with Gasteiger partial charge in [-0.25, -0.2) is 4.98 Å². The molecule has 4 nitrogen and oxygen atoms in total. The van der Waals surface area contributed by atoms with E-state index in [1.807, 2.05) is 36.0 Å². The molecule has 0 bridgehead atoms. The van der Waals surface area contributed by atoms with E-state index in [1.54, 1.807) is 6.33 Å². The van der Waals surface area contributed by atoms with E-state index in [2.05, 4.69) is 17.2 Å². The number of anilines is 1. The summed E-state index contributed by atoms with van der Waals surface area (Å²) in [5, 5.41) is 3.94. The summed E-state index contributed by atoms with van der Waals surface area (Å²) in [6.45, 7) is 3.46. The zero-order valence-corrected chi connectivity index (χ0v) is 11.9. The summed E-state index contributed by atoms with van der Waals surface area (Å²) in [6.07, 6.45) is 4.59. The number of halogens is 1. The van der Waals surface area contributed by atoms with Crippen LogP contribution in [0, 0.1) is 0 Å². The molecule has 0 saturated carbocycles. The predicted octanol–water partition coefficient (Wildman–Crippen LogP) is 3.47. The average Bonchev–Trinajstić information content (AvgIpc) is 2.81. The second-order valence-corrected chi connectivity index (χ2v) is 4.75. The highest BCUT2D eigenvalue weighted by atomic mass is 35.5. The van der Waals surface area contributed by atoms with Crippen LogP contribution in [-0.4, -0.2) is 16.2 Å². The van der Waals surface area contributed by atoms with Gasteiger partial charge in [-0.1, -0.05) is 18.5 Å². The Morgan fingerprint density at radius 1 is 1.42 bits per heavy atom. The van der Waals surface area contributed by atoms with E-state index < -0.39 is 0 Å². The number of imidazole rings is 1. The fourth-order valence-corrected chi connectivity index (χ4v) is 1.92. The maximum Gasteiger partial charge on any atom is 0.138 e. The van der Waals surface area contributed by atoms with Gasteiger partial charge in [-0.05, 0) is 24.6 Å². The largest absolute Gasteiger partial charge is 0.492 e. The highest BCUT2D eigenvalue weighted by Crippen LogP contribution is 2.27. The summed E-state index contributed by atoms with van der Waals surface area (Å²) >= 11 is 6.17. The molecule has 0 saturated heterocycles. The zero-order valence-electron chi connectivity index (χ0n) is 11.2. The summed E-state index contributed by atoms with van der Waals surface area (Å²) in [5.41, 5.74) is 2.08. The predicted molar refractivity (Wildman–Crippen MR) is 77.8 cm³/mol. The Labute approximate surface area is 118 Å². The van der Waals surface area contributed by atoms with Gasteiger partial charge in [0.05, 0.1) is 30.2 Å². The summed E-state index contributed by atoms with van der Waals surface area (Å²) < 4.78 is 7.52. The normalized spacial score (nSPS) is 10.5. The molecule has 1 N–H and O–H groups in total. The van der Waals surface area contributed by atoms with E-state index in [0.717, 1.165) is 23.6 Å². The highest BCUT2D eigenvalue weighted by molar-refractivity contribution is 6.32. The second-order valence-electron chi connectivity index (χ2n) is 4.34. The number of hydrogen-bond acceptors (Lipinski definition) is 3. The van der Waals surface area contributed by atoms with Gasteiger partial charge in [0.2, 0.25) is 0 Å². The van der Waals surface area contributed by atoms with Crippen molar-refractivity contribution in [2.75, 3.05) is 11.9 Å². The highest BCUT2D eigenvalue weighted by Gasteiger charge is 2.04. The van der Waals surface area contributed by atoms with E-state index in [4.69, 9.17) is 16.3 Å². The molecule has 0 aliphatic carbocycles. The molecular weight excluding hydrogens is 262 g/mol. The maximum atomic E-state index is 6.17. The van der Waals surface area contributed by atoms with Gasteiger partial charge in [0.25, 0.3) is 0 Å². The smallest absolute Gasteiger partial charge is 0.138 e. The minimum Gasteiger partial charge on any atom is -0.492 e. The molecule has 0 radical (unpaired) electrons. The first kappa shape index (κ1) is 13.7. The van der Waals surface area contributed by atoms with Crippen LogP contribution < -0.4 is 10.1 Å². The minimum atomic E-state index is 0.628. The molecule has 0 fully saturated rings. The fraction of sp³-hybridized carbons (Fsp3) is 0.357. The summed E-state index contributed by atoms with van der Waals surface area (Å²) in [6, 6.07) is 5.74. The number of rotatable bonds is 6. The third-order valence-corrected chi connectivity index (χ3v) is 3.08. The van der Waals surface area contributed by atoms with Gasteiger partial charge >= 0.3 is 0 Å². The van der Waals surface area contributed by atoms with Crippen LogP contribution in [0.25, 0.3) is 0 Å². The molecule has 0 amide bonds. The Morgan fingerprint density at radius 2 is 2.26 bits per heavy atom. The molecule has 0 aliphatic rings. The number of aryl methyl sites for hydroxylation is 1. The standard InChI is InChI=1S/C14H18ClN3O/c1-3-6-19-14-5-4-11(7-13(14)15)17-9-12-8-16-10-18(12)2/h4-5,7-8,10,17H,3,6,9H2,1-2H3. The van der Waals surface area contributed by atoms with Crippen LogP contribution in [0.15, 0.2) is 30.7 Å². The number of nitrogens with one attached hydrogen (secondary N) is 1. The molecule has 1 aromatic heterocycles. The van der Waals surface area contributed by atoms with Crippen LogP contribution in [0.4, 0.5) is 5.69 Å². The van der Waals surface area contributed by atoms with Crippen LogP contribution in [0.2, 0.25) is 5.02 Å². The molecule has 2 rings (SSSR count). The summed E-state index contributed by atoms with van der Waals surface area (Å²) in [7, 11) is 1.97. The lowest BCUT2D eigenvalue weighted by Crippen LogP contribution is -2.04. The molecule has 0 spiro atoms. The number of hydrogen-bond donors (Lipinski definition) is 1. The van der Waals surface area contributed by atoms with Crippen molar-refractivity contribution in [2.45, 2.75) is 19.9 Å². The summed E-state index contributed by atoms with van der Waals surface area (Å²) in [5.74, 6) is 0.731. The van der Waals surface area contributed by atoms with Crippen molar-refractivity contribution in [1.29, 1.82) is 0 Å². The molecule has 102 valence electrons. The van der Waals surface area contributed by atoms with Gasteiger partial charge in [-0.2, -0.15) is 0 Å². The van der Waals surface area contributed by atoms with E-state index in [1.165, 1.54) is 0 Å². The molecule has 1 heterocycles. The van der Waals surface area contributed by atoms with Gasteiger partial charge in [0.1, 0.15) is 5.75 Å². The van der Waals surface area contributed by atoms with Crippen LogP contribution in [0.5, 0.6) is 5.75 Å². The molecule has 1 aromatic carbocycles. The van der Waals surface area contributed by atoms with Crippen molar-refractivity contribution in [3.8, 4) is 5.75 Å². The Morgan fingerprint density at radius 3 is 2.89 bits per heavy atom. The van der Waals surface area contributed by atoms with Gasteiger partial charge < -0.3 is 14.6 Å². The minimum absolute atomic E-state index is 0.628. The van der Waals surface area contributed by atoms with Crippen molar-refractivity contribution in [3.05, 3.63) is 41.4 Å². The third-order valence-electron chi connectivity index (χ3n) is 2.78. The average molecular weight is 280 g/mol. The first-order chi connectivity index (χ1) is 9.20. The van der Waals surface area contributed by atoms with Crippen molar-refractivity contribution >= 4 is 17.3 Å². The van der Waals surface area contributed by atoms with Gasteiger partial charge in [-0.3, -0.25) is 0 Å². The second kappa shape index (κ2) is 6.48. The Balaban J connectivity index is 1.98. The first-order valence-corrected chi connectivity index (χ1v) is 6.70. The lowest BCUT2D eigenvalue weighted by molar-refractivity contribution is 0.317. The number of ether oxygens (including phenoxy) is 1. The Kier molecular flexibility index (Phi) is 4.68. The van der Waals surface area contributed by atoms with Crippen molar-refractivity contribution in [1.82, 2.24) is 9.55 Å². The zero-order chi connectivity index (χ0) is 13.7. The van der Waals surface area contributed by atoms with E-state index in [-0.39, 0.29) is 0 Å².